The summed E-state index contributed by atoms with van der Waals surface area (Å²) in [5.74, 6) is 0. The Kier molecular flexibility index (Phi) is 2.03. The molecule has 0 bridgehead atoms. The fourth-order valence-electron chi connectivity index (χ4n) is 3.56. The molecule has 2 aromatic carbocycles. The third-order valence-corrected chi connectivity index (χ3v) is 11.4. The molecule has 5 rings (SSSR count). The van der Waals surface area contributed by atoms with E-state index in [1.165, 1.54) is 20.9 Å². The van der Waals surface area contributed by atoms with E-state index in [0.717, 1.165) is 0 Å². The van der Waals surface area contributed by atoms with Gasteiger partial charge in [-0.05, 0) is 23.3 Å². The first kappa shape index (κ1) is 11.7. The van der Waals surface area contributed by atoms with E-state index in [9.17, 15) is 0 Å². The van der Waals surface area contributed by atoms with Gasteiger partial charge in [0, 0.05) is 9.79 Å². The van der Waals surface area contributed by atoms with Crippen LogP contribution in [0.1, 0.15) is 11.1 Å². The number of hydrogen-bond donors (Lipinski definition) is 0. The molecule has 94 valence electrons. The molecule has 2 atom stereocenters. The van der Waals surface area contributed by atoms with Gasteiger partial charge in [0.1, 0.15) is 3.23 Å². The Morgan fingerprint density at radius 1 is 0.684 bits per heavy atom. The maximum absolute atomic E-state index is 3.97. The van der Waals surface area contributed by atoms with Crippen molar-refractivity contribution < 1.29 is 0 Å². The first-order chi connectivity index (χ1) is 9.15. The minimum Gasteiger partial charge on any atom is -0.110 e. The molecular formula is C15H8Br2S2. The van der Waals surface area contributed by atoms with Crippen molar-refractivity contribution in [2.24, 2.45) is 0 Å². The van der Waals surface area contributed by atoms with Crippen molar-refractivity contribution in [3.8, 4) is 0 Å². The van der Waals surface area contributed by atoms with Crippen LogP contribution in [0.15, 0.2) is 58.3 Å². The molecule has 1 saturated carbocycles. The van der Waals surface area contributed by atoms with Crippen molar-refractivity contribution in [2.45, 2.75) is 22.5 Å². The standard InChI is InChI=1S/C15H8Br2S2/c16-15(17)13-9-5-1-3-7-11(9)18-14(13,15)10-6-2-4-8-12(10)19-13/h1-8H. The summed E-state index contributed by atoms with van der Waals surface area (Å²) in [5.41, 5.74) is 2.94. The molecule has 2 aliphatic heterocycles. The molecule has 0 radical (unpaired) electrons. The van der Waals surface area contributed by atoms with Crippen LogP contribution in [0.5, 0.6) is 0 Å². The van der Waals surface area contributed by atoms with E-state index < -0.39 is 0 Å². The van der Waals surface area contributed by atoms with Gasteiger partial charge in [-0.15, -0.1) is 23.5 Å². The third kappa shape index (κ3) is 0.983. The molecule has 1 aliphatic carbocycles. The number of fused-ring (bicyclic) bond motifs is 2. The summed E-state index contributed by atoms with van der Waals surface area (Å²) in [7, 11) is 0. The molecule has 0 nitrogen and oxygen atoms in total. The summed E-state index contributed by atoms with van der Waals surface area (Å²) >= 11 is 12.0. The van der Waals surface area contributed by atoms with Gasteiger partial charge in [0.2, 0.25) is 0 Å². The number of halogens is 2. The van der Waals surface area contributed by atoms with Crippen LogP contribution in [0.3, 0.4) is 0 Å². The lowest BCUT2D eigenvalue weighted by Gasteiger charge is -2.22. The minimum atomic E-state index is -0.0297. The molecule has 3 aliphatic rings. The Morgan fingerprint density at radius 3 is 1.58 bits per heavy atom. The van der Waals surface area contributed by atoms with E-state index in [1.54, 1.807) is 0 Å². The summed E-state index contributed by atoms with van der Waals surface area (Å²) < 4.78 is 0.175. The average Bonchev–Trinajstić information content (AvgIpc) is 2.70. The number of alkyl halides is 2. The van der Waals surface area contributed by atoms with Crippen molar-refractivity contribution in [1.29, 1.82) is 0 Å². The molecule has 0 amide bonds. The predicted octanol–water partition coefficient (Wildman–Crippen LogP) is 5.49. The van der Waals surface area contributed by atoms with Crippen LogP contribution in [0.2, 0.25) is 0 Å². The highest BCUT2D eigenvalue weighted by Crippen LogP contribution is 2.96. The molecule has 4 heteroatoms. The third-order valence-electron chi connectivity index (χ3n) is 4.38. The SMILES string of the molecule is BrC1(Br)C23Sc4ccccc4C12Sc1ccccc13. The normalized spacial score (nSPS) is 35.3. The lowest BCUT2D eigenvalue weighted by molar-refractivity contribution is 0.934. The lowest BCUT2D eigenvalue weighted by atomic mass is 10.0. The van der Waals surface area contributed by atoms with E-state index in [1.807, 2.05) is 23.5 Å². The van der Waals surface area contributed by atoms with Crippen molar-refractivity contribution in [1.82, 2.24) is 0 Å². The summed E-state index contributed by atoms with van der Waals surface area (Å²) in [6.07, 6.45) is 0. The van der Waals surface area contributed by atoms with E-state index in [0.29, 0.717) is 0 Å². The quantitative estimate of drug-likeness (QED) is 0.525. The minimum absolute atomic E-state index is 0.0297. The van der Waals surface area contributed by atoms with Gasteiger partial charge in [0.25, 0.3) is 0 Å². The Hall–Kier alpha value is 0.100. The highest BCUT2D eigenvalue weighted by Gasteiger charge is 2.93. The number of rotatable bonds is 0. The summed E-state index contributed by atoms with van der Waals surface area (Å²) in [6, 6.07) is 17.7. The molecule has 0 spiro atoms. The summed E-state index contributed by atoms with van der Waals surface area (Å²) in [5, 5.41) is 0. The second-order valence-electron chi connectivity index (χ2n) is 5.13. The van der Waals surface area contributed by atoms with Crippen LogP contribution in [0, 0.1) is 0 Å². The monoisotopic (exact) mass is 410 g/mol. The molecule has 2 heterocycles. The molecule has 0 N–H and O–H groups in total. The smallest absolute Gasteiger partial charge is 0.110 e. The van der Waals surface area contributed by atoms with Gasteiger partial charge >= 0.3 is 0 Å². The zero-order valence-corrected chi connectivity index (χ0v) is 14.5. The Bertz CT molecular complexity index is 681. The topological polar surface area (TPSA) is 0 Å². The molecule has 0 aromatic heterocycles. The van der Waals surface area contributed by atoms with Gasteiger partial charge in [0.15, 0.2) is 0 Å². The van der Waals surface area contributed by atoms with Crippen LogP contribution < -0.4 is 0 Å². The van der Waals surface area contributed by atoms with Crippen molar-refractivity contribution >= 4 is 55.4 Å². The second-order valence-corrected chi connectivity index (χ2v) is 11.1. The second kappa shape index (κ2) is 3.29. The van der Waals surface area contributed by atoms with Crippen LogP contribution in [-0.4, -0.2) is 3.23 Å². The van der Waals surface area contributed by atoms with Crippen LogP contribution in [-0.2, 0) is 9.49 Å². The lowest BCUT2D eigenvalue weighted by Crippen LogP contribution is -2.12. The Morgan fingerprint density at radius 2 is 1.11 bits per heavy atom. The van der Waals surface area contributed by atoms with E-state index in [-0.39, 0.29) is 12.7 Å². The zero-order valence-electron chi connectivity index (χ0n) is 9.69. The first-order valence-corrected chi connectivity index (χ1v) is 9.32. The van der Waals surface area contributed by atoms with Crippen LogP contribution in [0.25, 0.3) is 0 Å². The van der Waals surface area contributed by atoms with E-state index >= 15 is 0 Å². The van der Waals surface area contributed by atoms with Crippen molar-refractivity contribution in [3.63, 3.8) is 0 Å². The fraction of sp³-hybridized carbons (Fsp3) is 0.200. The van der Waals surface area contributed by atoms with Gasteiger partial charge in [-0.1, -0.05) is 68.3 Å². The summed E-state index contributed by atoms with van der Waals surface area (Å²) in [4.78, 5) is 2.86. The van der Waals surface area contributed by atoms with E-state index in [4.69, 9.17) is 0 Å². The highest BCUT2D eigenvalue weighted by molar-refractivity contribution is 9.26. The molecule has 2 unspecified atom stereocenters. The van der Waals surface area contributed by atoms with Gasteiger partial charge in [-0.2, -0.15) is 0 Å². The Balaban J connectivity index is 1.86. The molecule has 19 heavy (non-hydrogen) atoms. The van der Waals surface area contributed by atoms with Gasteiger partial charge in [0.05, 0.1) is 9.49 Å². The van der Waals surface area contributed by atoms with Gasteiger partial charge in [-0.3, -0.25) is 0 Å². The zero-order chi connectivity index (χ0) is 12.9. The number of hydrogen-bond acceptors (Lipinski definition) is 2. The van der Waals surface area contributed by atoms with Gasteiger partial charge in [-0.25, -0.2) is 0 Å². The van der Waals surface area contributed by atoms with E-state index in [2.05, 4.69) is 80.4 Å². The van der Waals surface area contributed by atoms with Crippen LogP contribution in [0.4, 0.5) is 0 Å². The van der Waals surface area contributed by atoms with Crippen molar-refractivity contribution in [3.05, 3.63) is 59.7 Å². The molecular weight excluding hydrogens is 404 g/mol. The van der Waals surface area contributed by atoms with Crippen molar-refractivity contribution in [2.75, 3.05) is 0 Å². The highest BCUT2D eigenvalue weighted by atomic mass is 79.9. The summed E-state index contributed by atoms with van der Waals surface area (Å²) in [6.45, 7) is 0. The Labute approximate surface area is 137 Å². The fourth-order valence-corrected chi connectivity index (χ4v) is 10.8. The van der Waals surface area contributed by atoms with Crippen LogP contribution >= 0.6 is 55.4 Å². The average molecular weight is 412 g/mol. The molecule has 2 aromatic rings. The largest absolute Gasteiger partial charge is 0.122 e. The number of thioether (sulfide) groups is 2. The number of benzene rings is 2. The molecule has 0 saturated heterocycles. The van der Waals surface area contributed by atoms with Gasteiger partial charge < -0.3 is 0 Å². The predicted molar refractivity (Wildman–Crippen MR) is 88.5 cm³/mol. The first-order valence-electron chi connectivity index (χ1n) is 6.10. The maximum Gasteiger partial charge on any atom is 0.122 e. The maximum atomic E-state index is 3.97. The molecule has 1 fully saturated rings.